The van der Waals surface area contributed by atoms with Crippen molar-refractivity contribution in [1.82, 2.24) is 9.38 Å². The van der Waals surface area contributed by atoms with E-state index in [1.165, 1.54) is 33.8 Å². The number of anilines is 1. The highest BCUT2D eigenvalue weighted by atomic mass is 35.5. The Morgan fingerprint density at radius 3 is 2.12 bits per heavy atom. The van der Waals surface area contributed by atoms with Crippen LogP contribution < -0.4 is 4.90 Å². The van der Waals surface area contributed by atoms with Gasteiger partial charge in [-0.1, -0.05) is 11.6 Å². The number of nitrogens with zero attached hydrogens (tertiary/aromatic N) is 3. The van der Waals surface area contributed by atoms with E-state index in [9.17, 15) is 0 Å². The van der Waals surface area contributed by atoms with Crippen LogP contribution >= 0.6 is 11.6 Å². The van der Waals surface area contributed by atoms with Crippen molar-refractivity contribution in [2.45, 2.75) is 41.5 Å². The zero-order chi connectivity index (χ0) is 18.3. The van der Waals surface area contributed by atoms with Gasteiger partial charge in [0.2, 0.25) is 0 Å². The van der Waals surface area contributed by atoms with Gasteiger partial charge in [0.25, 0.3) is 0 Å². The third-order valence-electron chi connectivity index (χ3n) is 4.86. The lowest BCUT2D eigenvalue weighted by molar-refractivity contribution is 0.823. The van der Waals surface area contributed by atoms with Gasteiger partial charge in [-0.2, -0.15) is 0 Å². The average molecular weight is 356 g/mol. The summed E-state index contributed by atoms with van der Waals surface area (Å²) >= 11 is 6.24. The van der Waals surface area contributed by atoms with Crippen molar-refractivity contribution in [2.24, 2.45) is 0 Å². The summed E-state index contributed by atoms with van der Waals surface area (Å²) in [5.74, 6) is 1.21. The number of aryl methyl sites for hydroxylation is 4. The number of hydrogen-bond acceptors (Lipinski definition) is 2. The monoisotopic (exact) mass is 355 g/mol. The molecule has 0 amide bonds. The van der Waals surface area contributed by atoms with Gasteiger partial charge in [0, 0.05) is 41.1 Å². The first kappa shape index (κ1) is 17.8. The molecule has 25 heavy (non-hydrogen) atoms. The molecule has 0 fully saturated rings. The molecule has 0 bridgehead atoms. The summed E-state index contributed by atoms with van der Waals surface area (Å²) in [6.07, 6.45) is 0. The Labute approximate surface area is 155 Å². The van der Waals surface area contributed by atoms with Gasteiger partial charge in [0.05, 0.1) is 0 Å². The van der Waals surface area contributed by atoms with Crippen LogP contribution in [0.5, 0.6) is 0 Å². The van der Waals surface area contributed by atoms with Crippen molar-refractivity contribution >= 4 is 23.1 Å². The lowest BCUT2D eigenvalue weighted by Crippen LogP contribution is -2.24. The molecule has 4 heteroatoms. The van der Waals surface area contributed by atoms with E-state index in [1.54, 1.807) is 0 Å². The number of fused-ring (bicyclic) bond motifs is 1. The van der Waals surface area contributed by atoms with Crippen molar-refractivity contribution in [3.05, 3.63) is 51.8 Å². The smallest absolute Gasteiger partial charge is 0.146 e. The summed E-state index contributed by atoms with van der Waals surface area (Å²) in [7, 11) is 0. The van der Waals surface area contributed by atoms with E-state index in [4.69, 9.17) is 16.6 Å². The molecule has 132 valence electrons. The highest BCUT2D eigenvalue weighted by Crippen LogP contribution is 2.36. The summed E-state index contributed by atoms with van der Waals surface area (Å²) in [5, 5.41) is 0.784. The standard InChI is InChI=1S/C21H26ClN3/c1-7-24(8-2)19-11-15(5)23-21-18(12-16(6)25(19)21)20-13(3)9-17(22)10-14(20)4/h9-12H,7-8H2,1-6H3. The van der Waals surface area contributed by atoms with Crippen LogP contribution in [0.1, 0.15) is 36.4 Å². The molecule has 0 aliphatic heterocycles. The Morgan fingerprint density at radius 2 is 1.56 bits per heavy atom. The number of halogens is 1. The molecule has 0 aliphatic rings. The maximum atomic E-state index is 6.24. The van der Waals surface area contributed by atoms with Gasteiger partial charge in [-0.15, -0.1) is 0 Å². The van der Waals surface area contributed by atoms with E-state index in [-0.39, 0.29) is 0 Å². The predicted molar refractivity (Wildman–Crippen MR) is 108 cm³/mol. The van der Waals surface area contributed by atoms with E-state index in [0.29, 0.717) is 0 Å². The van der Waals surface area contributed by atoms with Gasteiger partial charge >= 0.3 is 0 Å². The Morgan fingerprint density at radius 1 is 0.960 bits per heavy atom. The molecule has 3 rings (SSSR count). The predicted octanol–water partition coefficient (Wildman–Crippen LogP) is 5.73. The molecule has 2 aromatic heterocycles. The molecule has 0 saturated carbocycles. The molecule has 0 saturated heterocycles. The molecule has 2 heterocycles. The van der Waals surface area contributed by atoms with Gasteiger partial charge < -0.3 is 4.90 Å². The van der Waals surface area contributed by atoms with Crippen molar-refractivity contribution < 1.29 is 0 Å². The third kappa shape index (κ3) is 3.02. The van der Waals surface area contributed by atoms with Crippen LogP contribution in [0.15, 0.2) is 24.3 Å². The van der Waals surface area contributed by atoms with Crippen LogP contribution in [0, 0.1) is 27.7 Å². The van der Waals surface area contributed by atoms with Crippen LogP contribution in [0.2, 0.25) is 5.02 Å². The summed E-state index contributed by atoms with van der Waals surface area (Å²) < 4.78 is 2.28. The van der Waals surface area contributed by atoms with Crippen molar-refractivity contribution in [2.75, 3.05) is 18.0 Å². The molecule has 1 aromatic carbocycles. The van der Waals surface area contributed by atoms with Crippen molar-refractivity contribution in [3.63, 3.8) is 0 Å². The summed E-state index contributed by atoms with van der Waals surface area (Å²) in [6, 6.07) is 8.49. The number of rotatable bonds is 4. The lowest BCUT2D eigenvalue weighted by Gasteiger charge is -2.23. The molecule has 3 nitrogen and oxygen atoms in total. The van der Waals surface area contributed by atoms with E-state index in [2.05, 4.69) is 63.0 Å². The van der Waals surface area contributed by atoms with Crippen LogP contribution in [0.3, 0.4) is 0 Å². The first-order valence-electron chi connectivity index (χ1n) is 8.89. The van der Waals surface area contributed by atoms with Gasteiger partial charge in [-0.3, -0.25) is 4.40 Å². The van der Waals surface area contributed by atoms with Gasteiger partial charge in [-0.25, -0.2) is 4.98 Å². The maximum absolute atomic E-state index is 6.24. The molecule has 0 radical (unpaired) electrons. The first-order chi connectivity index (χ1) is 11.9. The fourth-order valence-electron chi connectivity index (χ4n) is 3.78. The number of aromatic nitrogens is 2. The number of benzene rings is 1. The highest BCUT2D eigenvalue weighted by Gasteiger charge is 2.18. The van der Waals surface area contributed by atoms with Gasteiger partial charge in [0.1, 0.15) is 11.5 Å². The average Bonchev–Trinajstić information content (AvgIpc) is 2.84. The van der Waals surface area contributed by atoms with Crippen LogP contribution in [-0.2, 0) is 0 Å². The van der Waals surface area contributed by atoms with E-state index >= 15 is 0 Å². The minimum absolute atomic E-state index is 0.784. The molecule has 3 aromatic rings. The molecule has 0 spiro atoms. The SMILES string of the molecule is CCN(CC)c1cc(C)nc2c(-c3c(C)cc(Cl)cc3C)cc(C)n12. The molecule has 0 unspecified atom stereocenters. The minimum atomic E-state index is 0.784. The fraction of sp³-hybridized carbons (Fsp3) is 0.381. The van der Waals surface area contributed by atoms with Crippen molar-refractivity contribution in [3.8, 4) is 11.1 Å². The Balaban J connectivity index is 2.37. The summed E-state index contributed by atoms with van der Waals surface area (Å²) in [5.41, 5.74) is 8.05. The Kier molecular flexibility index (Phi) is 4.79. The van der Waals surface area contributed by atoms with Gasteiger partial charge in [0.15, 0.2) is 0 Å². The van der Waals surface area contributed by atoms with Crippen LogP contribution in [0.25, 0.3) is 16.8 Å². The lowest BCUT2D eigenvalue weighted by atomic mass is 9.97. The van der Waals surface area contributed by atoms with E-state index in [0.717, 1.165) is 29.5 Å². The molecule has 0 atom stereocenters. The highest BCUT2D eigenvalue weighted by molar-refractivity contribution is 6.30. The second-order valence-corrected chi connectivity index (χ2v) is 7.14. The number of hydrogen-bond donors (Lipinski definition) is 0. The second kappa shape index (κ2) is 6.72. The Bertz CT molecular complexity index is 913. The third-order valence-corrected chi connectivity index (χ3v) is 5.08. The summed E-state index contributed by atoms with van der Waals surface area (Å²) in [4.78, 5) is 7.27. The topological polar surface area (TPSA) is 20.5 Å². The molecular formula is C21H26ClN3. The van der Waals surface area contributed by atoms with E-state index in [1.807, 2.05) is 12.1 Å². The quantitative estimate of drug-likeness (QED) is 0.595. The van der Waals surface area contributed by atoms with Crippen LogP contribution in [0.4, 0.5) is 5.82 Å². The molecule has 0 N–H and O–H groups in total. The van der Waals surface area contributed by atoms with Crippen LogP contribution in [-0.4, -0.2) is 22.5 Å². The normalized spacial score (nSPS) is 11.3. The summed E-state index contributed by atoms with van der Waals surface area (Å²) in [6.45, 7) is 14.8. The first-order valence-corrected chi connectivity index (χ1v) is 9.26. The van der Waals surface area contributed by atoms with Gasteiger partial charge in [-0.05, 0) is 76.4 Å². The maximum Gasteiger partial charge on any atom is 0.146 e. The zero-order valence-corrected chi connectivity index (χ0v) is 16.7. The molecular weight excluding hydrogens is 330 g/mol. The zero-order valence-electron chi connectivity index (χ0n) is 15.9. The Hall–Kier alpha value is -2.00. The minimum Gasteiger partial charge on any atom is -0.358 e. The van der Waals surface area contributed by atoms with E-state index < -0.39 is 0 Å². The molecule has 0 aliphatic carbocycles. The largest absolute Gasteiger partial charge is 0.358 e. The second-order valence-electron chi connectivity index (χ2n) is 6.70. The fourth-order valence-corrected chi connectivity index (χ4v) is 4.10. The van der Waals surface area contributed by atoms with Crippen molar-refractivity contribution in [1.29, 1.82) is 0 Å².